The Kier molecular flexibility index (Phi) is 11.7. The van der Waals surface area contributed by atoms with Gasteiger partial charge in [-0.1, -0.05) is 42.8 Å². The smallest absolute Gasteiger partial charge is 0.242 e. The summed E-state index contributed by atoms with van der Waals surface area (Å²) in [5.74, 6) is -0.412. The number of rotatable bonds is 14. The highest BCUT2D eigenvalue weighted by Crippen LogP contribution is 2.16. The molecule has 0 bridgehead atoms. The lowest BCUT2D eigenvalue weighted by Gasteiger charge is -2.29. The Morgan fingerprint density at radius 1 is 1.06 bits per heavy atom. The van der Waals surface area contributed by atoms with Gasteiger partial charge in [0.25, 0.3) is 0 Å². The standard InChI is InChI=1S/C25H34ClN3O5S/c1-4-28-35(32,33)23-13-8-20(9-14-23)10-15-24(30)29(18-21-6-11-22(26)12-7-21)19(2)25(31)27-16-5-17-34-3/h6-9,11-14,19,28H,4-5,10,15-18H2,1-3H3,(H,27,31)/t19-/m1/s1. The summed E-state index contributed by atoms with van der Waals surface area (Å²) in [6.07, 6.45) is 1.27. The van der Waals surface area contributed by atoms with Crippen molar-refractivity contribution in [2.45, 2.75) is 50.6 Å². The molecule has 0 radical (unpaired) electrons. The molecule has 2 aromatic carbocycles. The molecule has 2 rings (SSSR count). The molecule has 0 aliphatic rings. The van der Waals surface area contributed by atoms with E-state index in [1.165, 1.54) is 12.1 Å². The van der Waals surface area contributed by atoms with Crippen molar-refractivity contribution in [1.82, 2.24) is 14.9 Å². The average Bonchev–Trinajstić information content (AvgIpc) is 2.84. The second-order valence-corrected chi connectivity index (χ2v) is 10.3. The Hall–Kier alpha value is -2.46. The number of methoxy groups -OCH3 is 1. The SMILES string of the molecule is CCNS(=O)(=O)c1ccc(CCC(=O)N(Cc2ccc(Cl)cc2)[C@H](C)C(=O)NCCCOC)cc1. The van der Waals surface area contributed by atoms with Crippen LogP contribution < -0.4 is 10.0 Å². The molecule has 0 heterocycles. The molecule has 0 aromatic heterocycles. The van der Waals surface area contributed by atoms with E-state index in [-0.39, 0.29) is 29.7 Å². The van der Waals surface area contributed by atoms with E-state index in [9.17, 15) is 18.0 Å². The number of sulfonamides is 1. The highest BCUT2D eigenvalue weighted by Gasteiger charge is 2.26. The topological polar surface area (TPSA) is 105 Å². The summed E-state index contributed by atoms with van der Waals surface area (Å²) in [6.45, 7) is 5.00. The molecular formula is C25H34ClN3O5S. The van der Waals surface area contributed by atoms with Gasteiger partial charge in [0.05, 0.1) is 4.90 Å². The van der Waals surface area contributed by atoms with Gasteiger partial charge in [0, 0.05) is 44.8 Å². The summed E-state index contributed by atoms with van der Waals surface area (Å²) < 4.78 is 31.7. The van der Waals surface area contributed by atoms with Crippen LogP contribution in [0.5, 0.6) is 0 Å². The lowest BCUT2D eigenvalue weighted by molar-refractivity contribution is -0.140. The number of ether oxygens (including phenoxy) is 1. The Morgan fingerprint density at radius 3 is 2.29 bits per heavy atom. The summed E-state index contributed by atoms with van der Waals surface area (Å²) >= 11 is 5.98. The molecule has 0 unspecified atom stereocenters. The lowest BCUT2D eigenvalue weighted by atomic mass is 10.1. The van der Waals surface area contributed by atoms with Crippen molar-refractivity contribution >= 4 is 33.4 Å². The fraction of sp³-hybridized carbons (Fsp3) is 0.440. The van der Waals surface area contributed by atoms with Gasteiger partial charge >= 0.3 is 0 Å². The van der Waals surface area contributed by atoms with E-state index in [0.29, 0.717) is 37.6 Å². The zero-order valence-corrected chi connectivity index (χ0v) is 22.0. The van der Waals surface area contributed by atoms with Gasteiger partial charge < -0.3 is 15.0 Å². The van der Waals surface area contributed by atoms with Crippen LogP contribution >= 0.6 is 11.6 Å². The molecule has 2 N–H and O–H groups in total. The predicted molar refractivity (Wildman–Crippen MR) is 137 cm³/mol. The summed E-state index contributed by atoms with van der Waals surface area (Å²) in [7, 11) is -1.93. The molecule has 0 spiro atoms. The van der Waals surface area contributed by atoms with Crippen LogP contribution in [0, 0.1) is 0 Å². The third kappa shape index (κ3) is 9.25. The largest absolute Gasteiger partial charge is 0.385 e. The Labute approximate surface area is 213 Å². The predicted octanol–water partition coefficient (Wildman–Crippen LogP) is 3.14. The molecule has 0 aliphatic carbocycles. The van der Waals surface area contributed by atoms with Gasteiger partial charge in [-0.15, -0.1) is 0 Å². The number of aryl methyl sites for hydroxylation is 1. The van der Waals surface area contributed by atoms with Gasteiger partial charge in [-0.05, 0) is 55.2 Å². The molecule has 0 saturated heterocycles. The molecule has 0 fully saturated rings. The normalized spacial score (nSPS) is 12.2. The summed E-state index contributed by atoms with van der Waals surface area (Å²) in [5, 5.41) is 3.45. The third-order valence-electron chi connectivity index (χ3n) is 5.45. The van der Waals surface area contributed by atoms with Gasteiger partial charge in [-0.25, -0.2) is 13.1 Å². The van der Waals surface area contributed by atoms with Crippen LogP contribution in [0.1, 0.15) is 37.8 Å². The third-order valence-corrected chi connectivity index (χ3v) is 7.27. The first-order valence-corrected chi connectivity index (χ1v) is 13.4. The maximum Gasteiger partial charge on any atom is 0.242 e. The maximum atomic E-state index is 13.2. The number of carbonyl (C=O) groups is 2. The Morgan fingerprint density at radius 2 is 1.69 bits per heavy atom. The highest BCUT2D eigenvalue weighted by molar-refractivity contribution is 7.89. The molecule has 192 valence electrons. The quantitative estimate of drug-likeness (QED) is 0.370. The van der Waals surface area contributed by atoms with E-state index in [4.69, 9.17) is 16.3 Å². The van der Waals surface area contributed by atoms with Crippen molar-refractivity contribution in [2.75, 3.05) is 26.8 Å². The van der Waals surface area contributed by atoms with Crippen molar-refractivity contribution in [3.8, 4) is 0 Å². The summed E-state index contributed by atoms with van der Waals surface area (Å²) in [4.78, 5) is 27.7. The zero-order chi connectivity index (χ0) is 25.8. The molecule has 35 heavy (non-hydrogen) atoms. The lowest BCUT2D eigenvalue weighted by Crippen LogP contribution is -2.48. The number of halogens is 1. The Bertz CT molecular complexity index is 1060. The second-order valence-electron chi connectivity index (χ2n) is 8.11. The van der Waals surface area contributed by atoms with Crippen LogP contribution in [0.25, 0.3) is 0 Å². The molecule has 8 nitrogen and oxygen atoms in total. The van der Waals surface area contributed by atoms with Crippen LogP contribution in [-0.4, -0.2) is 58.0 Å². The fourth-order valence-electron chi connectivity index (χ4n) is 3.45. The molecule has 0 saturated carbocycles. The van der Waals surface area contributed by atoms with Gasteiger partial charge in [0.2, 0.25) is 21.8 Å². The van der Waals surface area contributed by atoms with Crippen molar-refractivity contribution in [3.63, 3.8) is 0 Å². The number of benzene rings is 2. The van der Waals surface area contributed by atoms with E-state index in [1.807, 2.05) is 12.1 Å². The van der Waals surface area contributed by atoms with Crippen molar-refractivity contribution < 1.29 is 22.7 Å². The first kappa shape index (κ1) is 28.8. The number of hydrogen-bond donors (Lipinski definition) is 2. The molecule has 0 aliphatic heterocycles. The Balaban J connectivity index is 2.09. The average molecular weight is 524 g/mol. The number of nitrogens with zero attached hydrogens (tertiary/aromatic N) is 1. The summed E-state index contributed by atoms with van der Waals surface area (Å²) in [6, 6.07) is 12.9. The van der Waals surface area contributed by atoms with Crippen LogP contribution in [0.2, 0.25) is 5.02 Å². The minimum atomic E-state index is -3.53. The maximum absolute atomic E-state index is 13.2. The minimum Gasteiger partial charge on any atom is -0.385 e. The van der Waals surface area contributed by atoms with Crippen LogP contribution in [0.3, 0.4) is 0 Å². The molecule has 1 atom stereocenters. The second kappa shape index (κ2) is 14.2. The number of carbonyl (C=O) groups excluding carboxylic acids is 2. The van der Waals surface area contributed by atoms with Gasteiger partial charge in [-0.2, -0.15) is 0 Å². The van der Waals surface area contributed by atoms with Crippen LogP contribution in [-0.2, 0) is 37.3 Å². The molecule has 2 amide bonds. The molecule has 10 heteroatoms. The van der Waals surface area contributed by atoms with Gasteiger partial charge in [-0.3, -0.25) is 9.59 Å². The van der Waals surface area contributed by atoms with Gasteiger partial charge in [0.1, 0.15) is 6.04 Å². The minimum absolute atomic E-state index is 0.175. The first-order valence-electron chi connectivity index (χ1n) is 11.6. The number of amides is 2. The van der Waals surface area contributed by atoms with Crippen LogP contribution in [0.15, 0.2) is 53.4 Å². The summed E-state index contributed by atoms with van der Waals surface area (Å²) in [5.41, 5.74) is 1.69. The molecule has 2 aromatic rings. The van der Waals surface area contributed by atoms with E-state index in [2.05, 4.69) is 10.0 Å². The fourth-order valence-corrected chi connectivity index (χ4v) is 4.62. The number of hydrogen-bond acceptors (Lipinski definition) is 5. The highest BCUT2D eigenvalue weighted by atomic mass is 35.5. The van der Waals surface area contributed by atoms with Crippen molar-refractivity contribution in [1.29, 1.82) is 0 Å². The van der Waals surface area contributed by atoms with Crippen molar-refractivity contribution in [2.24, 2.45) is 0 Å². The van der Waals surface area contributed by atoms with E-state index >= 15 is 0 Å². The molecular weight excluding hydrogens is 490 g/mol. The van der Waals surface area contributed by atoms with Gasteiger partial charge in [0.15, 0.2) is 0 Å². The number of nitrogens with one attached hydrogen (secondary N) is 2. The van der Waals surface area contributed by atoms with E-state index in [0.717, 1.165) is 11.1 Å². The van der Waals surface area contributed by atoms with Crippen LogP contribution in [0.4, 0.5) is 0 Å². The first-order chi connectivity index (χ1) is 16.7. The van der Waals surface area contributed by atoms with E-state index in [1.54, 1.807) is 50.1 Å². The zero-order valence-electron chi connectivity index (χ0n) is 20.4. The van der Waals surface area contributed by atoms with E-state index < -0.39 is 16.1 Å². The monoisotopic (exact) mass is 523 g/mol. The van der Waals surface area contributed by atoms with Crippen molar-refractivity contribution in [3.05, 3.63) is 64.7 Å².